The summed E-state index contributed by atoms with van der Waals surface area (Å²) >= 11 is 3.17. The predicted octanol–water partition coefficient (Wildman–Crippen LogP) is 4.22. The Hall–Kier alpha value is -1.75. The molecule has 0 fully saturated rings. The number of rotatable bonds is 4. The summed E-state index contributed by atoms with van der Waals surface area (Å²) < 4.78 is 18.7. The van der Waals surface area contributed by atoms with Crippen LogP contribution in [0.2, 0.25) is 0 Å². The predicted molar refractivity (Wildman–Crippen MR) is 80.8 cm³/mol. The first-order valence-electron chi connectivity index (χ1n) is 6.06. The lowest BCUT2D eigenvalue weighted by Crippen LogP contribution is -2.02. The molecule has 0 spiro atoms. The van der Waals surface area contributed by atoms with Crippen molar-refractivity contribution >= 4 is 21.6 Å². The molecule has 2 rings (SSSR count). The van der Waals surface area contributed by atoms with E-state index >= 15 is 0 Å². The molecular weight excluding hydrogens is 325 g/mol. The quantitative estimate of drug-likeness (QED) is 0.876. The van der Waals surface area contributed by atoms with E-state index in [9.17, 15) is 9.50 Å². The van der Waals surface area contributed by atoms with E-state index in [1.807, 2.05) is 13.0 Å². The van der Waals surface area contributed by atoms with E-state index < -0.39 is 0 Å². The average Bonchev–Trinajstić information content (AvgIpc) is 2.41. The largest absolute Gasteiger partial charge is 0.504 e. The third kappa shape index (κ3) is 3.22. The molecule has 2 aromatic rings. The molecule has 20 heavy (non-hydrogen) atoms. The van der Waals surface area contributed by atoms with Crippen LogP contribution in [0.15, 0.2) is 34.8 Å². The van der Waals surface area contributed by atoms with E-state index in [4.69, 9.17) is 4.74 Å². The van der Waals surface area contributed by atoms with Crippen LogP contribution in [0.5, 0.6) is 11.5 Å². The van der Waals surface area contributed by atoms with Crippen LogP contribution in [-0.4, -0.2) is 12.2 Å². The summed E-state index contributed by atoms with van der Waals surface area (Å²) in [5, 5.41) is 12.9. The van der Waals surface area contributed by atoms with Gasteiger partial charge in [-0.3, -0.25) is 0 Å². The van der Waals surface area contributed by atoms with Crippen molar-refractivity contribution in [3.05, 3.63) is 51.7 Å². The van der Waals surface area contributed by atoms with Gasteiger partial charge < -0.3 is 15.2 Å². The molecule has 5 heteroatoms. The molecular formula is C15H15BrFNO2. The molecule has 0 aliphatic carbocycles. The fourth-order valence-corrected chi connectivity index (χ4v) is 2.22. The van der Waals surface area contributed by atoms with Crippen LogP contribution >= 0.6 is 15.9 Å². The number of benzene rings is 2. The molecule has 2 N–H and O–H groups in total. The zero-order valence-corrected chi connectivity index (χ0v) is 12.8. The molecule has 106 valence electrons. The second kappa shape index (κ2) is 6.13. The molecule has 0 radical (unpaired) electrons. The Bertz CT molecular complexity index is 632. The van der Waals surface area contributed by atoms with Gasteiger partial charge >= 0.3 is 0 Å². The SMILES string of the molecule is COc1ccc(CNc2cc(Br)c(F)cc2C)cc1O. The summed E-state index contributed by atoms with van der Waals surface area (Å²) in [6.07, 6.45) is 0. The number of aryl methyl sites for hydroxylation is 1. The maximum Gasteiger partial charge on any atom is 0.160 e. The van der Waals surface area contributed by atoms with Crippen LogP contribution in [0, 0.1) is 12.7 Å². The average molecular weight is 340 g/mol. The summed E-state index contributed by atoms with van der Waals surface area (Å²) in [6, 6.07) is 8.38. The smallest absolute Gasteiger partial charge is 0.160 e. The molecule has 3 nitrogen and oxygen atoms in total. The Balaban J connectivity index is 2.13. The molecule has 0 bridgehead atoms. The van der Waals surface area contributed by atoms with Crippen LogP contribution in [0.1, 0.15) is 11.1 Å². The van der Waals surface area contributed by atoms with Crippen molar-refractivity contribution < 1.29 is 14.2 Å². The molecule has 0 saturated carbocycles. The van der Waals surface area contributed by atoms with E-state index in [1.165, 1.54) is 13.2 Å². The van der Waals surface area contributed by atoms with Crippen LogP contribution in [-0.2, 0) is 6.54 Å². The first kappa shape index (κ1) is 14.7. The molecule has 0 atom stereocenters. The monoisotopic (exact) mass is 339 g/mol. The Morgan fingerprint density at radius 2 is 2.05 bits per heavy atom. The van der Waals surface area contributed by atoms with Crippen LogP contribution in [0.3, 0.4) is 0 Å². The first-order valence-corrected chi connectivity index (χ1v) is 6.86. The van der Waals surface area contributed by atoms with Crippen molar-refractivity contribution in [2.45, 2.75) is 13.5 Å². The highest BCUT2D eigenvalue weighted by molar-refractivity contribution is 9.10. The summed E-state index contributed by atoms with van der Waals surface area (Å²) in [6.45, 7) is 2.36. The Kier molecular flexibility index (Phi) is 4.49. The molecule has 0 aromatic heterocycles. The maximum absolute atomic E-state index is 13.3. The zero-order valence-electron chi connectivity index (χ0n) is 11.2. The third-order valence-corrected chi connectivity index (χ3v) is 3.60. The second-order valence-electron chi connectivity index (χ2n) is 4.44. The number of methoxy groups -OCH3 is 1. The number of ether oxygens (including phenoxy) is 1. The summed E-state index contributed by atoms with van der Waals surface area (Å²) in [5.74, 6) is 0.258. The highest BCUT2D eigenvalue weighted by Crippen LogP contribution is 2.28. The highest BCUT2D eigenvalue weighted by Gasteiger charge is 2.06. The van der Waals surface area contributed by atoms with Crippen LogP contribution in [0.4, 0.5) is 10.1 Å². The van der Waals surface area contributed by atoms with E-state index in [-0.39, 0.29) is 11.6 Å². The van der Waals surface area contributed by atoms with Crippen molar-refractivity contribution in [1.29, 1.82) is 0 Å². The van der Waals surface area contributed by atoms with Crippen molar-refractivity contribution in [1.82, 2.24) is 0 Å². The van der Waals surface area contributed by atoms with Gasteiger partial charge in [0.1, 0.15) is 5.82 Å². The molecule has 0 unspecified atom stereocenters. The topological polar surface area (TPSA) is 41.5 Å². The van der Waals surface area contributed by atoms with Crippen molar-refractivity contribution in [2.24, 2.45) is 0 Å². The van der Waals surface area contributed by atoms with Gasteiger partial charge in [0, 0.05) is 12.2 Å². The van der Waals surface area contributed by atoms with E-state index in [2.05, 4.69) is 21.2 Å². The van der Waals surface area contributed by atoms with Crippen molar-refractivity contribution in [3.63, 3.8) is 0 Å². The van der Waals surface area contributed by atoms with Gasteiger partial charge in [0.05, 0.1) is 11.6 Å². The summed E-state index contributed by atoms with van der Waals surface area (Å²) in [4.78, 5) is 0. The first-order chi connectivity index (χ1) is 9.51. The molecule has 0 aliphatic rings. The summed E-state index contributed by atoms with van der Waals surface area (Å²) in [5.41, 5.74) is 2.57. The number of hydrogen-bond acceptors (Lipinski definition) is 3. The number of halogens is 2. The Morgan fingerprint density at radius 3 is 2.70 bits per heavy atom. The summed E-state index contributed by atoms with van der Waals surface area (Å²) in [7, 11) is 1.51. The van der Waals surface area contributed by atoms with Gasteiger partial charge in [-0.15, -0.1) is 0 Å². The van der Waals surface area contributed by atoms with Gasteiger partial charge in [0.25, 0.3) is 0 Å². The lowest BCUT2D eigenvalue weighted by Gasteiger charge is -2.12. The molecule has 0 aliphatic heterocycles. The number of nitrogens with one attached hydrogen (secondary N) is 1. The number of anilines is 1. The zero-order chi connectivity index (χ0) is 14.7. The van der Waals surface area contributed by atoms with E-state index in [1.54, 1.807) is 18.2 Å². The van der Waals surface area contributed by atoms with Gasteiger partial charge in [-0.2, -0.15) is 0 Å². The van der Waals surface area contributed by atoms with Crippen LogP contribution < -0.4 is 10.1 Å². The fraction of sp³-hybridized carbons (Fsp3) is 0.200. The molecule has 0 amide bonds. The van der Waals surface area contributed by atoms with Gasteiger partial charge in [-0.05, 0) is 58.2 Å². The molecule has 0 heterocycles. The minimum Gasteiger partial charge on any atom is -0.504 e. The van der Waals surface area contributed by atoms with Gasteiger partial charge in [-0.1, -0.05) is 6.07 Å². The Labute approximate surface area is 125 Å². The van der Waals surface area contributed by atoms with Gasteiger partial charge in [0.2, 0.25) is 0 Å². The van der Waals surface area contributed by atoms with Crippen molar-refractivity contribution in [2.75, 3.05) is 12.4 Å². The molecule has 0 saturated heterocycles. The standard InChI is InChI=1S/C15H15BrFNO2/c1-9-5-12(17)11(16)7-13(9)18-8-10-3-4-15(20-2)14(19)6-10/h3-7,18-19H,8H2,1-2H3. The van der Waals surface area contributed by atoms with E-state index in [0.29, 0.717) is 16.8 Å². The number of phenols is 1. The highest BCUT2D eigenvalue weighted by atomic mass is 79.9. The Morgan fingerprint density at radius 1 is 1.30 bits per heavy atom. The number of hydrogen-bond donors (Lipinski definition) is 2. The number of phenolic OH excluding ortho intramolecular Hbond substituents is 1. The van der Waals surface area contributed by atoms with Gasteiger partial charge in [-0.25, -0.2) is 4.39 Å². The minimum absolute atomic E-state index is 0.101. The van der Waals surface area contributed by atoms with Gasteiger partial charge in [0.15, 0.2) is 11.5 Å². The van der Waals surface area contributed by atoms with Crippen molar-refractivity contribution in [3.8, 4) is 11.5 Å². The normalized spacial score (nSPS) is 10.4. The molecule has 2 aromatic carbocycles. The van der Waals surface area contributed by atoms with E-state index in [0.717, 1.165) is 16.8 Å². The third-order valence-electron chi connectivity index (χ3n) is 2.99. The maximum atomic E-state index is 13.3. The fourth-order valence-electron chi connectivity index (χ4n) is 1.88. The lowest BCUT2D eigenvalue weighted by atomic mass is 10.1. The minimum atomic E-state index is -0.282. The lowest BCUT2D eigenvalue weighted by molar-refractivity contribution is 0.373. The second-order valence-corrected chi connectivity index (χ2v) is 5.30. The van der Waals surface area contributed by atoms with Crippen LogP contribution in [0.25, 0.3) is 0 Å². The number of aromatic hydroxyl groups is 1.